The van der Waals surface area contributed by atoms with Gasteiger partial charge in [0.2, 0.25) is 0 Å². The molecule has 1 aliphatic rings. The van der Waals surface area contributed by atoms with E-state index in [9.17, 15) is 4.79 Å². The molecule has 1 rings (SSSR count). The summed E-state index contributed by atoms with van der Waals surface area (Å²) in [6.07, 6.45) is 1.24. The molecule has 0 unspecified atom stereocenters. The van der Waals surface area contributed by atoms with Gasteiger partial charge in [-0.2, -0.15) is 0 Å². The van der Waals surface area contributed by atoms with Crippen LogP contribution in [-0.2, 0) is 9.53 Å². The van der Waals surface area contributed by atoms with Crippen molar-refractivity contribution < 1.29 is 19.7 Å². The van der Waals surface area contributed by atoms with Gasteiger partial charge in [0.1, 0.15) is 0 Å². The molecule has 2 N–H and O–H groups in total. The highest BCUT2D eigenvalue weighted by Crippen LogP contribution is 2.29. The lowest BCUT2D eigenvalue weighted by Gasteiger charge is -2.31. The average Bonchev–Trinajstić information content (AvgIpc) is 1.84. The molecule has 4 nitrogen and oxygen atoms in total. The topological polar surface area (TPSA) is 66.8 Å². The quantitative estimate of drug-likeness (QED) is 0.600. The summed E-state index contributed by atoms with van der Waals surface area (Å²) in [5.41, 5.74) is 0. The molecule has 4 heteroatoms. The van der Waals surface area contributed by atoms with E-state index in [0.29, 0.717) is 19.4 Å². The summed E-state index contributed by atoms with van der Waals surface area (Å²) < 4.78 is 5.09. The van der Waals surface area contributed by atoms with Crippen molar-refractivity contribution in [3.05, 3.63) is 0 Å². The Morgan fingerprint density at radius 1 is 1.55 bits per heavy atom. The summed E-state index contributed by atoms with van der Waals surface area (Å²) in [7, 11) is 0. The van der Waals surface area contributed by atoms with Crippen LogP contribution in [0.15, 0.2) is 0 Å². The number of ether oxygens (including phenoxy) is 1. The maximum absolute atomic E-state index is 10.3. The van der Waals surface area contributed by atoms with Gasteiger partial charge < -0.3 is 14.9 Å². The smallest absolute Gasteiger partial charge is 0.306 e. The number of hydrogen-bond acceptors (Lipinski definition) is 3. The van der Waals surface area contributed by atoms with E-state index in [0.717, 1.165) is 0 Å². The summed E-state index contributed by atoms with van der Waals surface area (Å²) in [6.45, 7) is 0.325. The maximum atomic E-state index is 10.3. The van der Waals surface area contributed by atoms with Crippen molar-refractivity contribution in [1.29, 1.82) is 0 Å². The van der Waals surface area contributed by atoms with Crippen molar-refractivity contribution in [1.82, 2.24) is 0 Å². The van der Waals surface area contributed by atoms with Gasteiger partial charge in [-0.15, -0.1) is 0 Å². The molecule has 0 aromatic heterocycles. The Kier molecular flexibility index (Phi) is 2.84. The minimum atomic E-state index is -0.742. The Morgan fingerprint density at radius 2 is 2.18 bits per heavy atom. The monoisotopic (exact) mass is 160 g/mol. The zero-order valence-electron chi connectivity index (χ0n) is 6.19. The molecular formula is C7H12O4. The number of carboxylic acids is 1. The molecule has 64 valence electrons. The van der Waals surface area contributed by atoms with E-state index in [2.05, 4.69) is 0 Å². The van der Waals surface area contributed by atoms with Gasteiger partial charge >= 0.3 is 5.97 Å². The molecule has 11 heavy (non-hydrogen) atoms. The van der Waals surface area contributed by atoms with Crippen molar-refractivity contribution >= 4 is 5.97 Å². The number of carbonyl (C=O) groups is 1. The average molecular weight is 160 g/mol. The third kappa shape index (κ3) is 2.17. The van der Waals surface area contributed by atoms with Crippen molar-refractivity contribution in [2.45, 2.75) is 18.9 Å². The zero-order valence-corrected chi connectivity index (χ0v) is 6.19. The minimum Gasteiger partial charge on any atom is -0.481 e. The number of carboxylic acid groups (broad SMARTS) is 1. The summed E-state index contributed by atoms with van der Waals surface area (Å²) >= 11 is 0. The van der Waals surface area contributed by atoms with Crippen LogP contribution >= 0.6 is 0 Å². The van der Waals surface area contributed by atoms with E-state index in [4.69, 9.17) is 14.9 Å². The van der Waals surface area contributed by atoms with Crippen LogP contribution in [0.2, 0.25) is 0 Å². The largest absolute Gasteiger partial charge is 0.481 e. The fraction of sp³-hybridized carbons (Fsp3) is 0.857. The molecule has 0 bridgehead atoms. The molecule has 0 atom stereocenters. The highest BCUT2D eigenvalue weighted by Gasteiger charge is 2.34. The van der Waals surface area contributed by atoms with Crippen LogP contribution in [0.1, 0.15) is 12.8 Å². The highest BCUT2D eigenvalue weighted by molar-refractivity contribution is 5.71. The number of rotatable bonds is 4. The number of hydrogen-bond donors (Lipinski definition) is 2. The number of aliphatic hydroxyl groups excluding tert-OH is 1. The molecule has 0 heterocycles. The van der Waals surface area contributed by atoms with Gasteiger partial charge in [0.15, 0.2) is 0 Å². The van der Waals surface area contributed by atoms with Gasteiger partial charge in [0, 0.05) is 0 Å². The van der Waals surface area contributed by atoms with Crippen molar-refractivity contribution in [2.75, 3.05) is 13.2 Å². The van der Waals surface area contributed by atoms with Crippen molar-refractivity contribution in [3.63, 3.8) is 0 Å². The molecule has 0 aromatic carbocycles. The van der Waals surface area contributed by atoms with E-state index >= 15 is 0 Å². The van der Waals surface area contributed by atoms with Crippen LogP contribution in [-0.4, -0.2) is 35.5 Å². The molecular weight excluding hydrogens is 148 g/mol. The van der Waals surface area contributed by atoms with Gasteiger partial charge in [-0.3, -0.25) is 4.79 Å². The van der Waals surface area contributed by atoms with E-state index in [-0.39, 0.29) is 18.6 Å². The second-order valence-electron chi connectivity index (χ2n) is 2.72. The second kappa shape index (κ2) is 3.69. The minimum absolute atomic E-state index is 0.00817. The summed E-state index contributed by atoms with van der Waals surface area (Å²) in [4.78, 5) is 10.3. The van der Waals surface area contributed by atoms with E-state index in [1.807, 2.05) is 0 Å². The summed E-state index contributed by atoms with van der Waals surface area (Å²) in [6, 6.07) is 0. The predicted molar refractivity (Wildman–Crippen MR) is 37.2 cm³/mol. The fourth-order valence-corrected chi connectivity index (χ4v) is 1.12. The Bertz CT molecular complexity index is 139. The van der Waals surface area contributed by atoms with E-state index in [1.165, 1.54) is 0 Å². The SMILES string of the molecule is O=C(O)C1CC(OCCO)C1. The second-order valence-corrected chi connectivity index (χ2v) is 2.72. The Morgan fingerprint density at radius 3 is 2.64 bits per heavy atom. The first-order valence-electron chi connectivity index (χ1n) is 3.69. The van der Waals surface area contributed by atoms with Gasteiger partial charge in [-0.05, 0) is 12.8 Å². The molecule has 0 radical (unpaired) electrons. The molecule has 1 aliphatic carbocycles. The molecule has 0 aliphatic heterocycles. The predicted octanol–water partition coefficient (Wildman–Crippen LogP) is -0.142. The highest BCUT2D eigenvalue weighted by atomic mass is 16.5. The number of aliphatic carboxylic acids is 1. The van der Waals surface area contributed by atoms with Crippen LogP contribution in [0.4, 0.5) is 0 Å². The summed E-state index contributed by atoms with van der Waals surface area (Å²) in [5, 5.41) is 16.8. The molecule has 0 aromatic rings. The lowest BCUT2D eigenvalue weighted by Crippen LogP contribution is -2.36. The maximum Gasteiger partial charge on any atom is 0.306 e. The molecule has 0 spiro atoms. The fourth-order valence-electron chi connectivity index (χ4n) is 1.12. The van der Waals surface area contributed by atoms with Gasteiger partial charge in [-0.25, -0.2) is 0 Å². The Labute approximate surface area is 64.8 Å². The van der Waals surface area contributed by atoms with Gasteiger partial charge in [-0.1, -0.05) is 0 Å². The standard InChI is InChI=1S/C7H12O4/c8-1-2-11-6-3-5(4-6)7(9)10/h5-6,8H,1-4H2,(H,9,10). The Balaban J connectivity index is 2.05. The van der Waals surface area contributed by atoms with Crippen LogP contribution in [0, 0.1) is 5.92 Å². The van der Waals surface area contributed by atoms with Gasteiger partial charge in [0.05, 0.1) is 25.2 Å². The van der Waals surface area contributed by atoms with E-state index < -0.39 is 5.97 Å². The molecule has 1 fully saturated rings. The first-order chi connectivity index (χ1) is 5.24. The normalized spacial score (nSPS) is 29.5. The molecule has 0 amide bonds. The Hall–Kier alpha value is -0.610. The first kappa shape index (κ1) is 8.49. The first-order valence-corrected chi connectivity index (χ1v) is 3.69. The van der Waals surface area contributed by atoms with E-state index in [1.54, 1.807) is 0 Å². The molecule has 1 saturated carbocycles. The third-order valence-electron chi connectivity index (χ3n) is 1.89. The third-order valence-corrected chi connectivity index (χ3v) is 1.89. The van der Waals surface area contributed by atoms with Crippen LogP contribution in [0.3, 0.4) is 0 Å². The lowest BCUT2D eigenvalue weighted by molar-refractivity contribution is -0.151. The molecule has 0 saturated heterocycles. The van der Waals surface area contributed by atoms with Gasteiger partial charge in [0.25, 0.3) is 0 Å². The number of aliphatic hydroxyl groups is 1. The lowest BCUT2D eigenvalue weighted by atomic mass is 9.82. The zero-order chi connectivity index (χ0) is 8.27. The van der Waals surface area contributed by atoms with Crippen LogP contribution in [0.25, 0.3) is 0 Å². The van der Waals surface area contributed by atoms with Crippen LogP contribution in [0.5, 0.6) is 0 Å². The van der Waals surface area contributed by atoms with Crippen LogP contribution < -0.4 is 0 Å². The van der Waals surface area contributed by atoms with Crippen molar-refractivity contribution in [2.24, 2.45) is 5.92 Å². The van der Waals surface area contributed by atoms with Crippen molar-refractivity contribution in [3.8, 4) is 0 Å². The summed E-state index contributed by atoms with van der Waals surface area (Å²) in [5.74, 6) is -0.965.